The second kappa shape index (κ2) is 11.3. The monoisotopic (exact) mass is 500 g/mol. The molecule has 36 heavy (non-hydrogen) atoms. The lowest BCUT2D eigenvalue weighted by Gasteiger charge is -2.32. The van der Waals surface area contributed by atoms with E-state index < -0.39 is 6.36 Å². The van der Waals surface area contributed by atoms with Crippen molar-refractivity contribution in [2.24, 2.45) is 0 Å². The van der Waals surface area contributed by atoms with Gasteiger partial charge in [-0.1, -0.05) is 36.9 Å². The minimum atomic E-state index is -4.75. The van der Waals surface area contributed by atoms with Crippen LogP contribution in [0, 0.1) is 6.92 Å². The van der Waals surface area contributed by atoms with Crippen molar-refractivity contribution in [3.8, 4) is 17.5 Å². The summed E-state index contributed by atoms with van der Waals surface area (Å²) in [5.74, 6) is 0.390. The number of rotatable bonds is 9. The van der Waals surface area contributed by atoms with Gasteiger partial charge in [-0.25, -0.2) is 10.5 Å². The molecule has 0 bridgehead atoms. The molecule has 0 unspecified atom stereocenters. The average molecular weight is 501 g/mol. The molecule has 7 nitrogen and oxygen atoms in total. The number of likely N-dealkylation sites (tertiary alicyclic amines) is 1. The van der Waals surface area contributed by atoms with Crippen LogP contribution in [0.3, 0.4) is 0 Å². The predicted molar refractivity (Wildman–Crippen MR) is 128 cm³/mol. The summed E-state index contributed by atoms with van der Waals surface area (Å²) in [6.07, 6.45) is -1.58. The molecule has 1 fully saturated rings. The van der Waals surface area contributed by atoms with E-state index in [1.54, 1.807) is 6.92 Å². The van der Waals surface area contributed by atoms with E-state index >= 15 is 0 Å². The van der Waals surface area contributed by atoms with E-state index in [4.69, 9.17) is 9.57 Å². The summed E-state index contributed by atoms with van der Waals surface area (Å²) >= 11 is 0. The van der Waals surface area contributed by atoms with Gasteiger partial charge in [0.2, 0.25) is 5.88 Å². The Hall–Kier alpha value is -3.79. The maximum absolute atomic E-state index is 12.3. The van der Waals surface area contributed by atoms with Crippen LogP contribution in [-0.4, -0.2) is 40.4 Å². The van der Waals surface area contributed by atoms with Crippen LogP contribution >= 0.6 is 0 Å². The van der Waals surface area contributed by atoms with Crippen molar-refractivity contribution < 1.29 is 27.5 Å². The Morgan fingerprint density at radius 2 is 1.69 bits per heavy atom. The van der Waals surface area contributed by atoms with E-state index in [2.05, 4.69) is 55.9 Å². The van der Waals surface area contributed by atoms with Gasteiger partial charge in [-0.2, -0.15) is 4.98 Å². The first-order chi connectivity index (χ1) is 17.3. The normalized spacial score (nSPS) is 14.8. The molecule has 0 aliphatic carbocycles. The van der Waals surface area contributed by atoms with Crippen LogP contribution in [0.15, 0.2) is 67.5 Å². The van der Waals surface area contributed by atoms with Crippen LogP contribution in [0.25, 0.3) is 5.70 Å². The van der Waals surface area contributed by atoms with Crippen molar-refractivity contribution in [2.45, 2.75) is 38.8 Å². The van der Waals surface area contributed by atoms with Gasteiger partial charge < -0.3 is 14.3 Å². The van der Waals surface area contributed by atoms with Crippen LogP contribution in [0.2, 0.25) is 0 Å². The second-order valence-electron chi connectivity index (χ2n) is 8.44. The third-order valence-corrected chi connectivity index (χ3v) is 5.76. The SMILES string of the molecule is C=C(NOc1ncnc(OC2CCN(Cc3ccccc3)CC2)c1C)c1ccc(OC(F)(F)F)cc1. The Morgan fingerprint density at radius 3 is 2.36 bits per heavy atom. The number of nitrogens with one attached hydrogen (secondary N) is 1. The third-order valence-electron chi connectivity index (χ3n) is 5.76. The first-order valence-corrected chi connectivity index (χ1v) is 11.5. The highest BCUT2D eigenvalue weighted by atomic mass is 19.4. The predicted octanol–water partition coefficient (Wildman–Crippen LogP) is 5.28. The fourth-order valence-corrected chi connectivity index (χ4v) is 3.85. The van der Waals surface area contributed by atoms with Crippen molar-refractivity contribution in [2.75, 3.05) is 13.1 Å². The topological polar surface area (TPSA) is 68.7 Å². The number of hydrogen-bond acceptors (Lipinski definition) is 7. The van der Waals surface area contributed by atoms with E-state index in [0.29, 0.717) is 22.7 Å². The van der Waals surface area contributed by atoms with Crippen molar-refractivity contribution in [3.63, 3.8) is 0 Å². The maximum atomic E-state index is 12.3. The van der Waals surface area contributed by atoms with Gasteiger partial charge in [0.1, 0.15) is 18.2 Å². The summed E-state index contributed by atoms with van der Waals surface area (Å²) in [7, 11) is 0. The molecule has 1 aliphatic heterocycles. The standard InChI is InChI=1S/C26H27F3N4O3/c1-18-24(34-22-12-14-33(15-13-22)16-20-6-4-3-5-7-20)30-17-31-25(18)36-32-19(2)21-8-10-23(11-9-21)35-26(27,28)29/h3-11,17,22,32H,2,12-16H2,1H3. The Morgan fingerprint density at radius 1 is 1.03 bits per heavy atom. The highest BCUT2D eigenvalue weighted by molar-refractivity contribution is 5.61. The largest absolute Gasteiger partial charge is 0.573 e. The highest BCUT2D eigenvalue weighted by Crippen LogP contribution is 2.27. The summed E-state index contributed by atoms with van der Waals surface area (Å²) in [6, 6.07) is 15.7. The van der Waals surface area contributed by atoms with Crippen molar-refractivity contribution in [1.29, 1.82) is 0 Å². The Labute approximate surface area is 207 Å². The van der Waals surface area contributed by atoms with E-state index in [1.807, 2.05) is 6.07 Å². The number of aromatic nitrogens is 2. The minimum absolute atomic E-state index is 0.0406. The molecule has 2 heterocycles. The molecule has 0 saturated carbocycles. The van der Waals surface area contributed by atoms with Crippen LogP contribution in [-0.2, 0) is 6.54 Å². The molecule has 0 radical (unpaired) electrons. The molecule has 10 heteroatoms. The van der Waals surface area contributed by atoms with E-state index in [0.717, 1.165) is 32.5 Å². The third kappa shape index (κ3) is 7.11. The van der Waals surface area contributed by atoms with Crippen LogP contribution in [0.4, 0.5) is 13.2 Å². The summed E-state index contributed by atoms with van der Waals surface area (Å²) in [4.78, 5) is 16.4. The minimum Gasteiger partial charge on any atom is -0.474 e. The van der Waals surface area contributed by atoms with Crippen molar-refractivity contribution in [1.82, 2.24) is 20.3 Å². The zero-order valence-corrected chi connectivity index (χ0v) is 19.8. The molecule has 3 aromatic rings. The number of ether oxygens (including phenoxy) is 2. The second-order valence-corrected chi connectivity index (χ2v) is 8.44. The molecule has 0 amide bonds. The number of hydroxylamine groups is 1. The first-order valence-electron chi connectivity index (χ1n) is 11.5. The van der Waals surface area contributed by atoms with Gasteiger partial charge in [0, 0.05) is 25.2 Å². The zero-order chi connectivity index (χ0) is 25.5. The molecule has 0 spiro atoms. The molecule has 4 rings (SSSR count). The van der Waals surface area contributed by atoms with Gasteiger partial charge in [-0.15, -0.1) is 13.2 Å². The maximum Gasteiger partial charge on any atom is 0.573 e. The molecule has 1 aromatic heterocycles. The van der Waals surface area contributed by atoms with Gasteiger partial charge in [0.15, 0.2) is 0 Å². The number of alkyl halides is 3. The smallest absolute Gasteiger partial charge is 0.474 e. The molecular weight excluding hydrogens is 473 g/mol. The number of piperidine rings is 1. The Balaban J connectivity index is 1.28. The fraction of sp³-hybridized carbons (Fsp3) is 0.308. The van der Waals surface area contributed by atoms with Crippen LogP contribution in [0.5, 0.6) is 17.5 Å². The summed E-state index contributed by atoms with van der Waals surface area (Å²) in [6.45, 7) is 8.43. The molecule has 0 atom stereocenters. The van der Waals surface area contributed by atoms with Crippen LogP contribution < -0.4 is 19.8 Å². The average Bonchev–Trinajstić information content (AvgIpc) is 2.86. The van der Waals surface area contributed by atoms with Crippen molar-refractivity contribution in [3.05, 3.63) is 84.2 Å². The van der Waals surface area contributed by atoms with Gasteiger partial charge in [-0.3, -0.25) is 4.90 Å². The number of nitrogens with zero attached hydrogens (tertiary/aromatic N) is 3. The lowest BCUT2D eigenvalue weighted by molar-refractivity contribution is -0.274. The van der Waals surface area contributed by atoms with Crippen LogP contribution in [0.1, 0.15) is 29.5 Å². The Bertz CT molecular complexity index is 1150. The van der Waals surface area contributed by atoms with Gasteiger partial charge >= 0.3 is 6.36 Å². The fourth-order valence-electron chi connectivity index (χ4n) is 3.85. The van der Waals surface area contributed by atoms with E-state index in [1.165, 1.54) is 36.2 Å². The highest BCUT2D eigenvalue weighted by Gasteiger charge is 2.31. The molecule has 190 valence electrons. The molecule has 2 aromatic carbocycles. The summed E-state index contributed by atoms with van der Waals surface area (Å²) < 4.78 is 47.0. The number of benzene rings is 2. The quantitative estimate of drug-likeness (QED) is 0.401. The number of halogens is 3. The summed E-state index contributed by atoms with van der Waals surface area (Å²) in [5.41, 5.74) is 5.45. The molecule has 1 aliphatic rings. The number of hydrogen-bond donors (Lipinski definition) is 1. The lowest BCUT2D eigenvalue weighted by Crippen LogP contribution is -2.38. The van der Waals surface area contributed by atoms with Crippen molar-refractivity contribution >= 4 is 5.70 Å². The molecule has 1 saturated heterocycles. The molecular formula is C26H27F3N4O3. The molecule has 1 N–H and O–H groups in total. The van der Waals surface area contributed by atoms with Gasteiger partial charge in [0.05, 0.1) is 11.3 Å². The first kappa shape index (κ1) is 25.3. The van der Waals surface area contributed by atoms with E-state index in [9.17, 15) is 13.2 Å². The lowest BCUT2D eigenvalue weighted by atomic mass is 10.1. The van der Waals surface area contributed by atoms with Gasteiger partial charge in [0.25, 0.3) is 5.88 Å². The summed E-state index contributed by atoms with van der Waals surface area (Å²) in [5, 5.41) is 0. The zero-order valence-electron chi connectivity index (χ0n) is 19.8. The Kier molecular flexibility index (Phi) is 7.94. The van der Waals surface area contributed by atoms with E-state index in [-0.39, 0.29) is 17.7 Å². The van der Waals surface area contributed by atoms with Gasteiger partial charge in [-0.05, 0) is 49.6 Å².